The van der Waals surface area contributed by atoms with E-state index in [1.165, 1.54) is 30.4 Å². The number of benzene rings is 1. The van der Waals surface area contributed by atoms with E-state index in [0.717, 1.165) is 12.3 Å². The van der Waals surface area contributed by atoms with Gasteiger partial charge in [-0.3, -0.25) is 0 Å². The largest absolute Gasteiger partial charge is 0.497 e. The van der Waals surface area contributed by atoms with Crippen molar-refractivity contribution in [3.8, 4) is 5.75 Å². The van der Waals surface area contributed by atoms with Gasteiger partial charge in [0.2, 0.25) is 0 Å². The van der Waals surface area contributed by atoms with Crippen molar-refractivity contribution >= 4 is 0 Å². The predicted molar refractivity (Wildman–Crippen MR) is 83.5 cm³/mol. The highest BCUT2D eigenvalue weighted by Crippen LogP contribution is 2.32. The number of fused-ring (bicyclic) bond motifs is 1. The van der Waals surface area contributed by atoms with Crippen LogP contribution in [0.5, 0.6) is 5.75 Å². The summed E-state index contributed by atoms with van der Waals surface area (Å²) in [6.07, 6.45) is 9.32. The summed E-state index contributed by atoms with van der Waals surface area (Å²) in [5.74, 6) is 0.949. The molecule has 0 saturated carbocycles. The van der Waals surface area contributed by atoms with Crippen LogP contribution < -0.4 is 10.1 Å². The van der Waals surface area contributed by atoms with Crippen molar-refractivity contribution in [3.05, 3.63) is 48.0 Å². The van der Waals surface area contributed by atoms with E-state index < -0.39 is 0 Å². The number of aromatic nitrogens is 2. The molecule has 1 aliphatic rings. The van der Waals surface area contributed by atoms with Crippen molar-refractivity contribution in [1.29, 1.82) is 0 Å². The Morgan fingerprint density at radius 2 is 2.38 bits per heavy atom. The Bertz CT molecular complexity index is 580. The smallest absolute Gasteiger partial charge is 0.119 e. The van der Waals surface area contributed by atoms with Crippen LogP contribution in [0.15, 0.2) is 36.9 Å². The number of ether oxygens (including phenoxy) is 1. The maximum atomic E-state index is 5.38. The number of nitrogens with zero attached hydrogens (tertiary/aromatic N) is 2. The highest BCUT2D eigenvalue weighted by molar-refractivity contribution is 5.39. The van der Waals surface area contributed by atoms with Crippen molar-refractivity contribution in [3.63, 3.8) is 0 Å². The van der Waals surface area contributed by atoms with E-state index in [1.54, 1.807) is 7.11 Å². The Kier molecular flexibility index (Phi) is 4.25. The maximum Gasteiger partial charge on any atom is 0.119 e. The molecule has 0 spiro atoms. The normalized spacial score (nSPS) is 19.0. The molecule has 2 unspecified atom stereocenters. The van der Waals surface area contributed by atoms with Crippen LogP contribution in [0.25, 0.3) is 0 Å². The lowest BCUT2D eigenvalue weighted by Gasteiger charge is -2.29. The monoisotopic (exact) mass is 285 g/mol. The summed E-state index contributed by atoms with van der Waals surface area (Å²) in [6, 6.07) is 7.29. The fraction of sp³-hybridized carbons (Fsp3) is 0.471. The summed E-state index contributed by atoms with van der Waals surface area (Å²) in [6.45, 7) is 3.17. The molecule has 4 nitrogen and oxygen atoms in total. The van der Waals surface area contributed by atoms with Crippen LogP contribution in [0.4, 0.5) is 0 Å². The first-order valence-electron chi connectivity index (χ1n) is 7.65. The van der Waals surface area contributed by atoms with E-state index in [-0.39, 0.29) is 0 Å². The minimum atomic E-state index is 0.404. The average molecular weight is 285 g/mol. The van der Waals surface area contributed by atoms with Crippen LogP contribution in [0.2, 0.25) is 0 Å². The summed E-state index contributed by atoms with van der Waals surface area (Å²) in [4.78, 5) is 4.10. The summed E-state index contributed by atoms with van der Waals surface area (Å²) in [7, 11) is 1.73. The Morgan fingerprint density at radius 3 is 3.14 bits per heavy atom. The Morgan fingerprint density at radius 1 is 1.48 bits per heavy atom. The molecule has 0 amide bonds. The maximum absolute atomic E-state index is 5.38. The molecule has 112 valence electrons. The van der Waals surface area contributed by atoms with Gasteiger partial charge < -0.3 is 14.6 Å². The molecule has 4 heteroatoms. The van der Waals surface area contributed by atoms with Crippen molar-refractivity contribution in [2.45, 2.75) is 44.8 Å². The molecule has 0 aliphatic heterocycles. The van der Waals surface area contributed by atoms with E-state index in [1.807, 2.05) is 18.7 Å². The van der Waals surface area contributed by atoms with Crippen LogP contribution in [0.1, 0.15) is 36.9 Å². The number of methoxy groups -OCH3 is 1. The first-order chi connectivity index (χ1) is 10.3. The third-order valence-corrected chi connectivity index (χ3v) is 4.20. The van der Waals surface area contributed by atoms with Crippen LogP contribution in [-0.2, 0) is 13.0 Å². The van der Waals surface area contributed by atoms with Crippen molar-refractivity contribution in [2.24, 2.45) is 0 Å². The van der Waals surface area contributed by atoms with E-state index in [0.29, 0.717) is 12.1 Å². The second kappa shape index (κ2) is 6.31. The molecule has 2 aromatic rings. The molecule has 0 bridgehead atoms. The minimum absolute atomic E-state index is 0.404. The average Bonchev–Trinajstić information content (AvgIpc) is 3.00. The molecule has 3 rings (SSSR count). The number of hydrogen-bond acceptors (Lipinski definition) is 3. The second-order valence-corrected chi connectivity index (χ2v) is 5.84. The van der Waals surface area contributed by atoms with Gasteiger partial charge in [0.25, 0.3) is 0 Å². The van der Waals surface area contributed by atoms with Gasteiger partial charge in [-0.05, 0) is 49.4 Å². The summed E-state index contributed by atoms with van der Waals surface area (Å²) >= 11 is 0. The molecule has 2 atom stereocenters. The Hall–Kier alpha value is -1.81. The first-order valence-corrected chi connectivity index (χ1v) is 7.65. The third kappa shape index (κ3) is 3.27. The molecular formula is C17H23N3O. The summed E-state index contributed by atoms with van der Waals surface area (Å²) < 4.78 is 7.50. The van der Waals surface area contributed by atoms with Gasteiger partial charge in [-0.2, -0.15) is 0 Å². The van der Waals surface area contributed by atoms with E-state index in [9.17, 15) is 0 Å². The molecular weight excluding hydrogens is 262 g/mol. The van der Waals surface area contributed by atoms with Crippen LogP contribution in [0, 0.1) is 0 Å². The van der Waals surface area contributed by atoms with Gasteiger partial charge in [0.15, 0.2) is 0 Å². The van der Waals surface area contributed by atoms with Gasteiger partial charge in [0.05, 0.1) is 13.4 Å². The zero-order chi connectivity index (χ0) is 14.7. The molecule has 1 aromatic heterocycles. The van der Waals surface area contributed by atoms with Gasteiger partial charge in [-0.15, -0.1) is 0 Å². The van der Waals surface area contributed by atoms with Gasteiger partial charge in [0, 0.05) is 31.0 Å². The summed E-state index contributed by atoms with van der Waals surface area (Å²) in [5.41, 5.74) is 2.85. The van der Waals surface area contributed by atoms with Crippen molar-refractivity contribution in [1.82, 2.24) is 14.9 Å². The van der Waals surface area contributed by atoms with Crippen molar-refractivity contribution in [2.75, 3.05) is 7.11 Å². The zero-order valence-corrected chi connectivity index (χ0v) is 12.7. The zero-order valence-electron chi connectivity index (χ0n) is 12.7. The first kappa shape index (κ1) is 14.1. The van der Waals surface area contributed by atoms with Gasteiger partial charge >= 0.3 is 0 Å². The standard InChI is InChI=1S/C17H23N3O/c1-13(11-20-9-8-18-12-20)19-17-5-3-4-14-6-7-15(21-2)10-16(14)17/h6-10,12-13,17,19H,3-5,11H2,1-2H3. The van der Waals surface area contributed by atoms with Crippen LogP contribution >= 0.6 is 0 Å². The van der Waals surface area contributed by atoms with Gasteiger partial charge in [-0.1, -0.05) is 6.07 Å². The van der Waals surface area contributed by atoms with Crippen molar-refractivity contribution < 1.29 is 4.74 Å². The van der Waals surface area contributed by atoms with Crippen LogP contribution in [0.3, 0.4) is 0 Å². The lowest BCUT2D eigenvalue weighted by molar-refractivity contribution is 0.375. The molecule has 0 radical (unpaired) electrons. The summed E-state index contributed by atoms with van der Waals surface area (Å²) in [5, 5.41) is 3.76. The Labute approximate surface area is 126 Å². The quantitative estimate of drug-likeness (QED) is 0.918. The fourth-order valence-corrected chi connectivity index (χ4v) is 3.18. The topological polar surface area (TPSA) is 39.1 Å². The third-order valence-electron chi connectivity index (χ3n) is 4.20. The number of hydrogen-bond donors (Lipinski definition) is 1. The molecule has 1 aromatic carbocycles. The molecule has 1 N–H and O–H groups in total. The highest BCUT2D eigenvalue weighted by atomic mass is 16.5. The molecule has 1 aliphatic carbocycles. The van der Waals surface area contributed by atoms with E-state index in [4.69, 9.17) is 4.74 Å². The minimum Gasteiger partial charge on any atom is -0.497 e. The number of imidazole rings is 1. The number of aryl methyl sites for hydroxylation is 1. The van der Waals surface area contributed by atoms with Gasteiger partial charge in [-0.25, -0.2) is 4.98 Å². The lowest BCUT2D eigenvalue weighted by Crippen LogP contribution is -2.35. The van der Waals surface area contributed by atoms with Gasteiger partial charge in [0.1, 0.15) is 5.75 Å². The molecule has 0 saturated heterocycles. The molecule has 1 heterocycles. The fourth-order valence-electron chi connectivity index (χ4n) is 3.18. The lowest BCUT2D eigenvalue weighted by atomic mass is 9.87. The molecule has 21 heavy (non-hydrogen) atoms. The van der Waals surface area contributed by atoms with E-state index in [2.05, 4.69) is 40.0 Å². The molecule has 0 fully saturated rings. The number of nitrogens with one attached hydrogen (secondary N) is 1. The van der Waals surface area contributed by atoms with E-state index >= 15 is 0 Å². The Balaban J connectivity index is 1.72. The second-order valence-electron chi connectivity index (χ2n) is 5.84. The predicted octanol–water partition coefficient (Wildman–Crippen LogP) is 2.95. The number of rotatable bonds is 5. The SMILES string of the molecule is COc1ccc2c(c1)C(NC(C)Cn1ccnc1)CCC2. The van der Waals surface area contributed by atoms with Crippen LogP contribution in [-0.4, -0.2) is 22.7 Å². The highest BCUT2D eigenvalue weighted by Gasteiger charge is 2.22.